The summed E-state index contributed by atoms with van der Waals surface area (Å²) in [7, 11) is 0. The number of benzene rings is 1. The normalized spacial score (nSPS) is 10.3. The van der Waals surface area contributed by atoms with Crippen molar-refractivity contribution in [3.8, 4) is 0 Å². The quantitative estimate of drug-likeness (QED) is 0.837. The molecule has 2 N–H and O–H groups in total. The standard InChI is InChI=1S/C15H17N3O3/c1-11-3-2-4-12(7-11)8-14(19)16-5-6-18-9-13(15(20)21)17-10-18/h2-4,7,9-10H,5-6,8H2,1H3,(H,16,19)(H,20,21). The molecule has 0 aliphatic carbocycles. The van der Waals surface area contributed by atoms with Gasteiger partial charge in [0.2, 0.25) is 5.91 Å². The lowest BCUT2D eigenvalue weighted by molar-refractivity contribution is -0.120. The molecule has 0 saturated carbocycles. The number of rotatable bonds is 6. The number of carbonyl (C=O) groups excluding carboxylic acids is 1. The fraction of sp³-hybridized carbons (Fsp3) is 0.267. The van der Waals surface area contributed by atoms with Gasteiger partial charge in [0.15, 0.2) is 5.69 Å². The van der Waals surface area contributed by atoms with Crippen LogP contribution in [0, 0.1) is 6.92 Å². The Morgan fingerprint density at radius 1 is 1.38 bits per heavy atom. The highest BCUT2D eigenvalue weighted by Crippen LogP contribution is 2.04. The van der Waals surface area contributed by atoms with Crippen molar-refractivity contribution in [3.05, 3.63) is 53.6 Å². The summed E-state index contributed by atoms with van der Waals surface area (Å²) >= 11 is 0. The first-order valence-electron chi connectivity index (χ1n) is 6.62. The van der Waals surface area contributed by atoms with Gasteiger partial charge in [-0.25, -0.2) is 9.78 Å². The van der Waals surface area contributed by atoms with Crippen LogP contribution in [0.25, 0.3) is 0 Å². The molecule has 0 aliphatic heterocycles. The monoisotopic (exact) mass is 287 g/mol. The molecule has 0 bridgehead atoms. The van der Waals surface area contributed by atoms with Gasteiger partial charge in [0, 0.05) is 19.3 Å². The predicted molar refractivity (Wildman–Crippen MR) is 77.1 cm³/mol. The van der Waals surface area contributed by atoms with E-state index in [-0.39, 0.29) is 11.6 Å². The summed E-state index contributed by atoms with van der Waals surface area (Å²) < 4.78 is 1.64. The van der Waals surface area contributed by atoms with E-state index in [4.69, 9.17) is 5.11 Å². The van der Waals surface area contributed by atoms with Crippen LogP contribution in [0.2, 0.25) is 0 Å². The molecule has 110 valence electrons. The van der Waals surface area contributed by atoms with Gasteiger partial charge in [0.25, 0.3) is 0 Å². The molecule has 0 saturated heterocycles. The van der Waals surface area contributed by atoms with E-state index in [1.165, 1.54) is 12.5 Å². The lowest BCUT2D eigenvalue weighted by atomic mass is 10.1. The number of imidazole rings is 1. The van der Waals surface area contributed by atoms with Crippen LogP contribution in [0.4, 0.5) is 0 Å². The fourth-order valence-corrected chi connectivity index (χ4v) is 1.99. The number of hydrogen-bond acceptors (Lipinski definition) is 3. The van der Waals surface area contributed by atoms with Crippen LogP contribution >= 0.6 is 0 Å². The molecule has 1 heterocycles. The van der Waals surface area contributed by atoms with Crippen molar-refractivity contribution in [1.82, 2.24) is 14.9 Å². The van der Waals surface area contributed by atoms with Crippen molar-refractivity contribution in [2.75, 3.05) is 6.54 Å². The number of nitrogens with zero attached hydrogens (tertiary/aromatic N) is 2. The van der Waals surface area contributed by atoms with Crippen molar-refractivity contribution < 1.29 is 14.7 Å². The fourth-order valence-electron chi connectivity index (χ4n) is 1.99. The van der Waals surface area contributed by atoms with Crippen molar-refractivity contribution in [3.63, 3.8) is 0 Å². The van der Waals surface area contributed by atoms with E-state index in [0.29, 0.717) is 19.5 Å². The molecule has 2 rings (SSSR count). The number of hydrogen-bond donors (Lipinski definition) is 2. The Hall–Kier alpha value is -2.63. The van der Waals surface area contributed by atoms with Crippen molar-refractivity contribution in [2.24, 2.45) is 0 Å². The first-order valence-corrected chi connectivity index (χ1v) is 6.62. The maximum Gasteiger partial charge on any atom is 0.356 e. The number of carboxylic acid groups (broad SMARTS) is 1. The Morgan fingerprint density at radius 2 is 2.19 bits per heavy atom. The zero-order chi connectivity index (χ0) is 15.2. The molecule has 0 radical (unpaired) electrons. The van der Waals surface area contributed by atoms with E-state index in [1.807, 2.05) is 31.2 Å². The smallest absolute Gasteiger partial charge is 0.356 e. The average molecular weight is 287 g/mol. The van der Waals surface area contributed by atoms with Crippen molar-refractivity contribution >= 4 is 11.9 Å². The molecule has 1 aromatic heterocycles. The summed E-state index contributed by atoms with van der Waals surface area (Å²) in [4.78, 5) is 26.2. The molecule has 21 heavy (non-hydrogen) atoms. The zero-order valence-electron chi connectivity index (χ0n) is 11.7. The van der Waals surface area contributed by atoms with Crippen LogP contribution in [-0.4, -0.2) is 33.1 Å². The third-order valence-corrected chi connectivity index (χ3v) is 2.99. The Kier molecular flexibility index (Phi) is 4.71. The van der Waals surface area contributed by atoms with Gasteiger partial charge < -0.3 is 15.0 Å². The third kappa shape index (κ3) is 4.45. The number of aryl methyl sites for hydroxylation is 1. The first-order chi connectivity index (χ1) is 10.0. The highest BCUT2D eigenvalue weighted by atomic mass is 16.4. The molecule has 0 aliphatic rings. The van der Waals surface area contributed by atoms with Gasteiger partial charge in [-0.05, 0) is 12.5 Å². The van der Waals surface area contributed by atoms with Gasteiger partial charge in [0.1, 0.15) is 0 Å². The topological polar surface area (TPSA) is 84.2 Å². The van der Waals surface area contributed by atoms with Crippen molar-refractivity contribution in [1.29, 1.82) is 0 Å². The van der Waals surface area contributed by atoms with E-state index >= 15 is 0 Å². The van der Waals surface area contributed by atoms with Gasteiger partial charge in [-0.2, -0.15) is 0 Å². The summed E-state index contributed by atoms with van der Waals surface area (Å²) in [5, 5.41) is 11.6. The minimum Gasteiger partial charge on any atom is -0.476 e. The second kappa shape index (κ2) is 6.69. The molecule has 1 aromatic carbocycles. The Labute approximate surface area is 122 Å². The van der Waals surface area contributed by atoms with E-state index in [1.54, 1.807) is 4.57 Å². The second-order valence-corrected chi connectivity index (χ2v) is 4.82. The number of carboxylic acids is 1. The number of nitrogens with one attached hydrogen (secondary N) is 1. The molecule has 6 nitrogen and oxygen atoms in total. The van der Waals surface area contributed by atoms with Gasteiger partial charge in [-0.15, -0.1) is 0 Å². The van der Waals surface area contributed by atoms with Gasteiger partial charge in [-0.3, -0.25) is 4.79 Å². The molecule has 0 unspecified atom stereocenters. The first kappa shape index (κ1) is 14.8. The van der Waals surface area contributed by atoms with Crippen LogP contribution in [0.5, 0.6) is 0 Å². The molecule has 1 amide bonds. The van der Waals surface area contributed by atoms with Crippen LogP contribution < -0.4 is 5.32 Å². The van der Waals surface area contributed by atoms with Gasteiger partial charge >= 0.3 is 5.97 Å². The zero-order valence-corrected chi connectivity index (χ0v) is 11.7. The Balaban J connectivity index is 1.77. The maximum atomic E-state index is 11.8. The highest BCUT2D eigenvalue weighted by Gasteiger charge is 2.07. The molecule has 2 aromatic rings. The van der Waals surface area contributed by atoms with Crippen LogP contribution in [0.3, 0.4) is 0 Å². The minimum absolute atomic E-state index is 0.00101. The van der Waals surface area contributed by atoms with Crippen LogP contribution in [0.1, 0.15) is 21.6 Å². The lowest BCUT2D eigenvalue weighted by Gasteiger charge is -2.06. The summed E-state index contributed by atoms with van der Waals surface area (Å²) in [5.74, 6) is -1.11. The largest absolute Gasteiger partial charge is 0.476 e. The van der Waals surface area contributed by atoms with Gasteiger partial charge in [-0.1, -0.05) is 29.8 Å². The van der Waals surface area contributed by atoms with E-state index < -0.39 is 5.97 Å². The summed E-state index contributed by atoms with van der Waals surface area (Å²) in [6.45, 7) is 2.90. The summed E-state index contributed by atoms with van der Waals surface area (Å²) in [6.07, 6.45) is 3.22. The summed E-state index contributed by atoms with van der Waals surface area (Å²) in [6, 6.07) is 7.81. The maximum absolute atomic E-state index is 11.8. The number of carbonyl (C=O) groups is 2. The van der Waals surface area contributed by atoms with E-state index in [9.17, 15) is 9.59 Å². The van der Waals surface area contributed by atoms with E-state index in [0.717, 1.165) is 11.1 Å². The number of aromatic nitrogens is 2. The van der Waals surface area contributed by atoms with Crippen molar-refractivity contribution in [2.45, 2.75) is 19.9 Å². The average Bonchev–Trinajstić information content (AvgIpc) is 2.87. The molecule has 0 spiro atoms. The lowest BCUT2D eigenvalue weighted by Crippen LogP contribution is -2.28. The van der Waals surface area contributed by atoms with Crippen LogP contribution in [0.15, 0.2) is 36.8 Å². The molecular weight excluding hydrogens is 270 g/mol. The third-order valence-electron chi connectivity index (χ3n) is 2.99. The Bertz CT molecular complexity index is 649. The highest BCUT2D eigenvalue weighted by molar-refractivity contribution is 5.84. The van der Waals surface area contributed by atoms with E-state index in [2.05, 4.69) is 10.3 Å². The predicted octanol–water partition coefficient (Wildman–Crippen LogP) is 1.25. The number of aromatic carboxylic acids is 1. The number of amides is 1. The summed E-state index contributed by atoms with van der Waals surface area (Å²) in [5.41, 5.74) is 2.10. The molecular formula is C15H17N3O3. The SMILES string of the molecule is Cc1cccc(CC(=O)NCCn2cnc(C(=O)O)c2)c1. The minimum atomic E-state index is -1.06. The van der Waals surface area contributed by atoms with Crippen LogP contribution in [-0.2, 0) is 17.8 Å². The second-order valence-electron chi connectivity index (χ2n) is 4.82. The van der Waals surface area contributed by atoms with Gasteiger partial charge in [0.05, 0.1) is 12.7 Å². The molecule has 0 fully saturated rings. The molecule has 6 heteroatoms. The Morgan fingerprint density at radius 3 is 2.86 bits per heavy atom. The molecule has 0 atom stereocenters.